The average Bonchev–Trinajstić information content (AvgIpc) is 2.88. The molecule has 0 aliphatic rings. The molecule has 0 spiro atoms. The number of carboxylic acid groups (broad SMARTS) is 2. The number of amides is 3. The molecule has 0 rings (SSSR count). The van der Waals surface area contributed by atoms with Crippen molar-refractivity contribution in [2.24, 2.45) is 0 Å². The third kappa shape index (κ3) is 25.4. The van der Waals surface area contributed by atoms with Crippen LogP contribution in [0, 0.1) is 0 Å². The van der Waals surface area contributed by atoms with Crippen molar-refractivity contribution in [3.05, 3.63) is 0 Å². The largest absolute Gasteiger partial charge is 0.481 e. The number of nitrogens with zero attached hydrogens (tertiary/aromatic N) is 1. The van der Waals surface area contributed by atoms with Crippen molar-refractivity contribution < 1.29 is 34.2 Å². The molecule has 0 atom stereocenters. The first-order chi connectivity index (χ1) is 18.8. The van der Waals surface area contributed by atoms with Crippen molar-refractivity contribution in [3.63, 3.8) is 0 Å². The summed E-state index contributed by atoms with van der Waals surface area (Å²) in [6.45, 7) is 2.18. The van der Waals surface area contributed by atoms with Gasteiger partial charge in [-0.1, -0.05) is 84.0 Å². The van der Waals surface area contributed by atoms with Crippen LogP contribution >= 0.6 is 0 Å². The molecule has 0 aromatic heterocycles. The minimum absolute atomic E-state index is 0.0225. The fourth-order valence-electron chi connectivity index (χ4n) is 4.33. The minimum Gasteiger partial charge on any atom is -0.481 e. The highest BCUT2D eigenvalue weighted by atomic mass is 16.4. The molecule has 0 aliphatic carbocycles. The Morgan fingerprint density at radius 2 is 0.949 bits per heavy atom. The van der Waals surface area contributed by atoms with E-state index in [1.54, 1.807) is 0 Å². The second-order valence-corrected chi connectivity index (χ2v) is 10.3. The Labute approximate surface area is 234 Å². The molecule has 0 saturated heterocycles. The second kappa shape index (κ2) is 25.6. The van der Waals surface area contributed by atoms with E-state index >= 15 is 0 Å². The summed E-state index contributed by atoms with van der Waals surface area (Å²) < 4.78 is 0. The Morgan fingerprint density at radius 3 is 1.36 bits per heavy atom. The minimum atomic E-state index is -1.10. The standard InChI is InChI=1S/C29H53N3O7/c1-2-17-25(33)30-21-22-31-26(34)20-23-32(24-29(38)39)27(35)18-15-13-11-9-7-5-3-4-6-8-10-12-14-16-19-28(36)37/h2-24H2,1H3,(H,30,33)(H,31,34)(H,36,37)(H,38,39). The molecule has 10 nitrogen and oxygen atoms in total. The van der Waals surface area contributed by atoms with Gasteiger partial charge in [-0.15, -0.1) is 0 Å². The van der Waals surface area contributed by atoms with E-state index in [1.165, 1.54) is 49.8 Å². The average molecular weight is 556 g/mol. The molecular formula is C29H53N3O7. The molecule has 226 valence electrons. The number of nitrogens with one attached hydrogen (secondary N) is 2. The fourth-order valence-corrected chi connectivity index (χ4v) is 4.33. The van der Waals surface area contributed by atoms with Crippen molar-refractivity contribution in [1.82, 2.24) is 15.5 Å². The molecule has 0 aromatic carbocycles. The van der Waals surface area contributed by atoms with Gasteiger partial charge in [-0.3, -0.25) is 24.0 Å². The third-order valence-electron chi connectivity index (χ3n) is 6.57. The lowest BCUT2D eigenvalue weighted by atomic mass is 10.0. The number of carboxylic acids is 2. The van der Waals surface area contributed by atoms with Gasteiger partial charge in [-0.25, -0.2) is 0 Å². The summed E-state index contributed by atoms with van der Waals surface area (Å²) in [6, 6.07) is 0. The number of carbonyl (C=O) groups is 5. The molecule has 0 heterocycles. The van der Waals surface area contributed by atoms with Crippen LogP contribution in [0.25, 0.3) is 0 Å². The Hall–Kier alpha value is -2.65. The maximum absolute atomic E-state index is 12.5. The molecule has 0 unspecified atom stereocenters. The highest BCUT2D eigenvalue weighted by Crippen LogP contribution is 2.14. The van der Waals surface area contributed by atoms with Crippen molar-refractivity contribution in [1.29, 1.82) is 0 Å². The van der Waals surface area contributed by atoms with Crippen molar-refractivity contribution in [2.75, 3.05) is 26.2 Å². The van der Waals surface area contributed by atoms with Gasteiger partial charge in [-0.05, 0) is 19.3 Å². The van der Waals surface area contributed by atoms with Crippen LogP contribution in [0.5, 0.6) is 0 Å². The van der Waals surface area contributed by atoms with Gasteiger partial charge in [0.1, 0.15) is 6.54 Å². The summed E-state index contributed by atoms with van der Waals surface area (Å²) in [6.07, 6.45) is 17.1. The van der Waals surface area contributed by atoms with Gasteiger partial charge in [0.25, 0.3) is 0 Å². The Morgan fingerprint density at radius 1 is 0.538 bits per heavy atom. The highest BCUT2D eigenvalue weighted by molar-refractivity contribution is 5.82. The molecule has 39 heavy (non-hydrogen) atoms. The molecular weight excluding hydrogens is 502 g/mol. The van der Waals surface area contributed by atoms with Crippen LogP contribution in [-0.4, -0.2) is 71.0 Å². The molecule has 0 saturated carbocycles. The zero-order valence-electron chi connectivity index (χ0n) is 24.1. The van der Waals surface area contributed by atoms with Crippen molar-refractivity contribution in [2.45, 2.75) is 129 Å². The van der Waals surface area contributed by atoms with Crippen LogP contribution in [0.2, 0.25) is 0 Å². The summed E-state index contributed by atoms with van der Waals surface area (Å²) in [5, 5.41) is 23.1. The maximum Gasteiger partial charge on any atom is 0.323 e. The normalized spacial score (nSPS) is 10.7. The lowest BCUT2D eigenvalue weighted by Crippen LogP contribution is -2.39. The van der Waals surface area contributed by atoms with E-state index in [2.05, 4.69) is 10.6 Å². The third-order valence-corrected chi connectivity index (χ3v) is 6.57. The van der Waals surface area contributed by atoms with E-state index in [-0.39, 0.29) is 43.5 Å². The van der Waals surface area contributed by atoms with Crippen molar-refractivity contribution >= 4 is 29.7 Å². The smallest absolute Gasteiger partial charge is 0.323 e. The Balaban J connectivity index is 3.80. The first kappa shape index (κ1) is 36.4. The highest BCUT2D eigenvalue weighted by Gasteiger charge is 2.17. The zero-order valence-corrected chi connectivity index (χ0v) is 24.1. The molecule has 0 fully saturated rings. The number of rotatable bonds is 27. The number of hydrogen-bond acceptors (Lipinski definition) is 5. The predicted octanol–water partition coefficient (Wildman–Crippen LogP) is 4.65. The lowest BCUT2D eigenvalue weighted by Gasteiger charge is -2.20. The van der Waals surface area contributed by atoms with Gasteiger partial charge in [-0.2, -0.15) is 0 Å². The summed E-state index contributed by atoms with van der Waals surface area (Å²) in [7, 11) is 0. The van der Waals surface area contributed by atoms with Crippen LogP contribution in [0.1, 0.15) is 129 Å². The van der Waals surface area contributed by atoms with Gasteiger partial charge in [0.15, 0.2) is 0 Å². The molecule has 4 N–H and O–H groups in total. The number of hydrogen-bond donors (Lipinski definition) is 4. The maximum atomic E-state index is 12.5. The second-order valence-electron chi connectivity index (χ2n) is 10.3. The summed E-state index contributed by atoms with van der Waals surface area (Å²) in [5.74, 6) is -2.38. The van der Waals surface area contributed by atoms with Crippen LogP contribution in [0.4, 0.5) is 0 Å². The van der Waals surface area contributed by atoms with Gasteiger partial charge < -0.3 is 25.7 Å². The van der Waals surface area contributed by atoms with Crippen LogP contribution < -0.4 is 10.6 Å². The van der Waals surface area contributed by atoms with E-state index in [0.29, 0.717) is 25.9 Å². The summed E-state index contributed by atoms with van der Waals surface area (Å²) in [5.41, 5.74) is 0. The number of carbonyl (C=O) groups excluding carboxylic acids is 3. The number of unbranched alkanes of at least 4 members (excludes halogenated alkanes) is 13. The summed E-state index contributed by atoms with van der Waals surface area (Å²) in [4.78, 5) is 58.8. The zero-order chi connectivity index (χ0) is 29.1. The monoisotopic (exact) mass is 555 g/mol. The quantitative estimate of drug-likeness (QED) is 0.108. The molecule has 0 radical (unpaired) electrons. The fraction of sp³-hybridized carbons (Fsp3) is 0.828. The van der Waals surface area contributed by atoms with E-state index in [9.17, 15) is 24.0 Å². The molecule has 3 amide bonds. The summed E-state index contributed by atoms with van der Waals surface area (Å²) >= 11 is 0. The molecule has 0 bridgehead atoms. The SMILES string of the molecule is CCCC(=O)NCCNC(=O)CCN(CC(=O)O)C(=O)CCCCCCCCCCCCCCCCC(=O)O. The van der Waals surface area contributed by atoms with Crippen molar-refractivity contribution in [3.8, 4) is 0 Å². The van der Waals surface area contributed by atoms with Crippen LogP contribution in [0.3, 0.4) is 0 Å². The molecule has 10 heteroatoms. The van der Waals surface area contributed by atoms with Gasteiger partial charge >= 0.3 is 11.9 Å². The van der Waals surface area contributed by atoms with Crippen LogP contribution in [-0.2, 0) is 24.0 Å². The first-order valence-corrected chi connectivity index (χ1v) is 15.0. The lowest BCUT2D eigenvalue weighted by molar-refractivity contribution is -0.145. The molecule has 0 aliphatic heterocycles. The van der Waals surface area contributed by atoms with Gasteiger partial charge in [0.2, 0.25) is 17.7 Å². The first-order valence-electron chi connectivity index (χ1n) is 15.0. The van der Waals surface area contributed by atoms with E-state index in [4.69, 9.17) is 10.2 Å². The Kier molecular flexibility index (Phi) is 23.9. The van der Waals surface area contributed by atoms with Gasteiger partial charge in [0, 0.05) is 45.3 Å². The van der Waals surface area contributed by atoms with Crippen LogP contribution in [0.15, 0.2) is 0 Å². The topological polar surface area (TPSA) is 153 Å². The number of aliphatic carboxylic acids is 2. The Bertz CT molecular complexity index is 700. The predicted molar refractivity (Wildman–Crippen MR) is 151 cm³/mol. The van der Waals surface area contributed by atoms with E-state index in [1.807, 2.05) is 6.92 Å². The molecule has 0 aromatic rings. The van der Waals surface area contributed by atoms with E-state index < -0.39 is 18.5 Å². The van der Waals surface area contributed by atoms with Gasteiger partial charge in [0.05, 0.1) is 0 Å². The van der Waals surface area contributed by atoms with E-state index in [0.717, 1.165) is 44.9 Å².